The third kappa shape index (κ3) is 11.6. The third-order valence-electron chi connectivity index (χ3n) is 3.98. The van der Waals surface area contributed by atoms with E-state index in [-0.39, 0.29) is 0 Å². The monoisotopic (exact) mass is 343 g/mol. The van der Waals surface area contributed by atoms with Crippen molar-refractivity contribution in [3.05, 3.63) is 0 Å². The van der Waals surface area contributed by atoms with Crippen molar-refractivity contribution in [2.45, 2.75) is 53.1 Å². The molecule has 0 heterocycles. The summed E-state index contributed by atoms with van der Waals surface area (Å²) < 4.78 is 5.09. The first-order valence-electron chi connectivity index (χ1n) is 9.37. The zero-order chi connectivity index (χ0) is 18.4. The van der Waals surface area contributed by atoms with E-state index in [9.17, 15) is 0 Å². The van der Waals surface area contributed by atoms with Gasteiger partial charge >= 0.3 is 0 Å². The second-order valence-corrected chi connectivity index (χ2v) is 6.76. The van der Waals surface area contributed by atoms with Gasteiger partial charge in [0.15, 0.2) is 5.96 Å². The van der Waals surface area contributed by atoms with E-state index in [4.69, 9.17) is 4.74 Å². The highest BCUT2D eigenvalue weighted by atomic mass is 16.5. The standard InChI is InChI=1S/C18H41N5O/c1-8-19-18(21-11-13-22(6)14-15-24-7)20-10-9-12-23(16(2)3)17(4)5/h16-17H,8-15H2,1-7H3,(H2,19,20,21). The number of guanidine groups is 1. The quantitative estimate of drug-likeness (QED) is 0.302. The molecule has 0 unspecified atom stereocenters. The van der Waals surface area contributed by atoms with Crippen LogP contribution in [0, 0.1) is 0 Å². The molecule has 0 aliphatic carbocycles. The number of aliphatic imine (C=N–C) groups is 1. The Kier molecular flexibility index (Phi) is 14.0. The van der Waals surface area contributed by atoms with Crippen LogP contribution in [0.3, 0.4) is 0 Å². The van der Waals surface area contributed by atoms with Gasteiger partial charge in [-0.1, -0.05) is 0 Å². The van der Waals surface area contributed by atoms with E-state index in [1.54, 1.807) is 7.11 Å². The van der Waals surface area contributed by atoms with E-state index in [0.29, 0.717) is 12.1 Å². The van der Waals surface area contributed by atoms with Gasteiger partial charge < -0.3 is 20.3 Å². The summed E-state index contributed by atoms with van der Waals surface area (Å²) in [7, 11) is 3.85. The highest BCUT2D eigenvalue weighted by Gasteiger charge is 2.12. The number of nitrogens with one attached hydrogen (secondary N) is 2. The molecule has 0 aliphatic rings. The molecular formula is C18H41N5O. The minimum atomic E-state index is 0.586. The molecular weight excluding hydrogens is 302 g/mol. The largest absolute Gasteiger partial charge is 0.383 e. The van der Waals surface area contributed by atoms with Gasteiger partial charge in [0.05, 0.1) is 6.61 Å². The number of likely N-dealkylation sites (N-methyl/N-ethyl adjacent to an activating group) is 1. The molecule has 0 rings (SSSR count). The highest BCUT2D eigenvalue weighted by molar-refractivity contribution is 5.79. The summed E-state index contributed by atoms with van der Waals surface area (Å²) >= 11 is 0. The van der Waals surface area contributed by atoms with Gasteiger partial charge in [-0.25, -0.2) is 0 Å². The molecule has 2 N–H and O–H groups in total. The predicted octanol–water partition coefficient (Wildman–Crippen LogP) is 1.63. The first-order chi connectivity index (χ1) is 11.4. The molecule has 0 aliphatic heterocycles. The van der Waals surface area contributed by atoms with E-state index < -0.39 is 0 Å². The topological polar surface area (TPSA) is 52.1 Å². The average Bonchev–Trinajstić information content (AvgIpc) is 2.51. The molecule has 0 fully saturated rings. The van der Waals surface area contributed by atoms with Crippen LogP contribution >= 0.6 is 0 Å². The van der Waals surface area contributed by atoms with Gasteiger partial charge in [0.25, 0.3) is 0 Å². The summed E-state index contributed by atoms with van der Waals surface area (Å²) in [4.78, 5) is 9.46. The highest BCUT2D eigenvalue weighted by Crippen LogP contribution is 2.05. The van der Waals surface area contributed by atoms with Gasteiger partial charge in [-0.2, -0.15) is 0 Å². The summed E-state index contributed by atoms with van der Waals surface area (Å²) in [6.07, 6.45) is 1.08. The van der Waals surface area contributed by atoms with Crippen molar-refractivity contribution in [1.29, 1.82) is 0 Å². The lowest BCUT2D eigenvalue weighted by molar-refractivity contribution is 0.162. The van der Waals surface area contributed by atoms with Crippen LogP contribution in [0.2, 0.25) is 0 Å². The Hall–Kier alpha value is -0.850. The Bertz CT molecular complexity index is 313. The fourth-order valence-corrected chi connectivity index (χ4v) is 2.62. The van der Waals surface area contributed by atoms with Crippen molar-refractivity contribution in [2.24, 2.45) is 4.99 Å². The summed E-state index contributed by atoms with van der Waals surface area (Å²) in [5.41, 5.74) is 0. The van der Waals surface area contributed by atoms with Crippen LogP contribution in [0.4, 0.5) is 0 Å². The second-order valence-electron chi connectivity index (χ2n) is 6.76. The van der Waals surface area contributed by atoms with E-state index >= 15 is 0 Å². The predicted molar refractivity (Wildman–Crippen MR) is 105 cm³/mol. The van der Waals surface area contributed by atoms with Gasteiger partial charge in [-0.15, -0.1) is 0 Å². The molecule has 0 bridgehead atoms. The lowest BCUT2D eigenvalue weighted by Gasteiger charge is -2.30. The number of methoxy groups -OCH3 is 1. The molecule has 0 atom stereocenters. The van der Waals surface area contributed by atoms with Crippen molar-refractivity contribution in [1.82, 2.24) is 20.4 Å². The van der Waals surface area contributed by atoms with Gasteiger partial charge in [-0.05, 0) is 48.1 Å². The molecule has 0 aromatic rings. The maximum absolute atomic E-state index is 5.09. The zero-order valence-electron chi connectivity index (χ0n) is 17.1. The van der Waals surface area contributed by atoms with Crippen LogP contribution in [-0.4, -0.2) is 87.9 Å². The first-order valence-corrected chi connectivity index (χ1v) is 9.37. The van der Waals surface area contributed by atoms with Crippen LogP contribution in [0.15, 0.2) is 4.99 Å². The molecule has 0 aromatic heterocycles. The number of nitrogens with zero attached hydrogens (tertiary/aromatic N) is 3. The number of hydrogen-bond donors (Lipinski definition) is 2. The SMILES string of the molecule is CCNC(=NCCCN(C(C)C)C(C)C)NCCN(C)CCOC. The third-order valence-corrected chi connectivity index (χ3v) is 3.98. The van der Waals surface area contributed by atoms with Crippen LogP contribution in [0.25, 0.3) is 0 Å². The van der Waals surface area contributed by atoms with Crippen LogP contribution in [0.1, 0.15) is 41.0 Å². The summed E-state index contributed by atoms with van der Waals surface area (Å²) in [5.74, 6) is 0.915. The molecule has 0 aromatic carbocycles. The molecule has 144 valence electrons. The number of hydrogen-bond acceptors (Lipinski definition) is 4. The minimum Gasteiger partial charge on any atom is -0.383 e. The fourth-order valence-electron chi connectivity index (χ4n) is 2.62. The summed E-state index contributed by atoms with van der Waals surface area (Å²) in [5, 5.41) is 6.72. The van der Waals surface area contributed by atoms with Crippen LogP contribution in [-0.2, 0) is 4.74 Å². The molecule has 0 amide bonds. The molecule has 6 heteroatoms. The van der Waals surface area contributed by atoms with Crippen molar-refractivity contribution in [3.8, 4) is 0 Å². The Labute approximate surface area is 150 Å². The van der Waals surface area contributed by atoms with Crippen molar-refractivity contribution in [2.75, 3.05) is 60.0 Å². The second kappa shape index (κ2) is 14.5. The van der Waals surface area contributed by atoms with Crippen LogP contribution in [0.5, 0.6) is 0 Å². The van der Waals surface area contributed by atoms with Crippen molar-refractivity contribution in [3.63, 3.8) is 0 Å². The Morgan fingerprint density at radius 2 is 1.71 bits per heavy atom. The molecule has 24 heavy (non-hydrogen) atoms. The fraction of sp³-hybridized carbons (Fsp3) is 0.944. The maximum atomic E-state index is 5.09. The van der Waals surface area contributed by atoms with Crippen molar-refractivity contribution < 1.29 is 4.74 Å². The lowest BCUT2D eigenvalue weighted by Crippen LogP contribution is -2.41. The van der Waals surface area contributed by atoms with Gasteiger partial charge in [0.1, 0.15) is 0 Å². The van der Waals surface area contributed by atoms with Crippen molar-refractivity contribution >= 4 is 5.96 Å². The van der Waals surface area contributed by atoms with E-state index in [1.807, 2.05) is 0 Å². The van der Waals surface area contributed by atoms with Gasteiger partial charge in [0.2, 0.25) is 0 Å². The molecule has 6 nitrogen and oxygen atoms in total. The van der Waals surface area contributed by atoms with E-state index in [0.717, 1.165) is 58.3 Å². The van der Waals surface area contributed by atoms with Crippen LogP contribution < -0.4 is 10.6 Å². The summed E-state index contributed by atoms with van der Waals surface area (Å²) in [6.45, 7) is 17.5. The smallest absolute Gasteiger partial charge is 0.191 e. The minimum absolute atomic E-state index is 0.586. The molecule has 0 saturated heterocycles. The number of rotatable bonds is 13. The summed E-state index contributed by atoms with van der Waals surface area (Å²) in [6, 6.07) is 1.17. The molecule has 0 spiro atoms. The normalized spacial score (nSPS) is 12.7. The Morgan fingerprint density at radius 3 is 2.25 bits per heavy atom. The Morgan fingerprint density at radius 1 is 1.04 bits per heavy atom. The van der Waals surface area contributed by atoms with Gasteiger partial charge in [-0.3, -0.25) is 9.89 Å². The molecule has 0 radical (unpaired) electrons. The maximum Gasteiger partial charge on any atom is 0.191 e. The van der Waals surface area contributed by atoms with Gasteiger partial charge in [0, 0.05) is 58.5 Å². The average molecular weight is 344 g/mol. The lowest BCUT2D eigenvalue weighted by atomic mass is 10.2. The zero-order valence-corrected chi connectivity index (χ0v) is 17.1. The van der Waals surface area contributed by atoms with E-state index in [1.165, 1.54) is 0 Å². The number of ether oxygens (including phenoxy) is 1. The molecule has 0 saturated carbocycles. The Balaban J connectivity index is 4.14. The van der Waals surface area contributed by atoms with E-state index in [2.05, 4.69) is 67.1 Å². The first kappa shape index (κ1) is 23.1.